The molecular formula is C17H14BrF2NO. The van der Waals surface area contributed by atoms with Crippen molar-refractivity contribution in [1.29, 1.82) is 0 Å². The fourth-order valence-electron chi connectivity index (χ4n) is 2.38. The summed E-state index contributed by atoms with van der Waals surface area (Å²) in [6.45, 7) is 0.194. The number of carbonyl (C=O) groups excluding carboxylic acids is 1. The molecule has 1 saturated carbocycles. The summed E-state index contributed by atoms with van der Waals surface area (Å²) in [6, 6.07) is 10.5. The second-order valence-corrected chi connectivity index (χ2v) is 6.23. The van der Waals surface area contributed by atoms with Crippen LogP contribution in [0.1, 0.15) is 28.8 Å². The van der Waals surface area contributed by atoms with Crippen LogP contribution in [-0.2, 0) is 6.54 Å². The van der Waals surface area contributed by atoms with E-state index in [9.17, 15) is 13.6 Å². The van der Waals surface area contributed by atoms with Gasteiger partial charge in [0.05, 0.1) is 5.56 Å². The Balaban J connectivity index is 1.90. The summed E-state index contributed by atoms with van der Waals surface area (Å²) in [7, 11) is 0. The summed E-state index contributed by atoms with van der Waals surface area (Å²) in [5.41, 5.74) is 0.735. The second-order valence-electron chi connectivity index (χ2n) is 5.38. The second kappa shape index (κ2) is 6.16. The van der Waals surface area contributed by atoms with Crippen LogP contribution in [0.2, 0.25) is 0 Å². The van der Waals surface area contributed by atoms with Crippen LogP contribution in [0.25, 0.3) is 0 Å². The van der Waals surface area contributed by atoms with E-state index in [0.29, 0.717) is 10.0 Å². The smallest absolute Gasteiger partial charge is 0.255 e. The fourth-order valence-corrected chi connectivity index (χ4v) is 2.80. The molecule has 0 bridgehead atoms. The van der Waals surface area contributed by atoms with Crippen LogP contribution in [-0.4, -0.2) is 16.8 Å². The minimum Gasteiger partial charge on any atom is -0.331 e. The van der Waals surface area contributed by atoms with E-state index in [0.717, 1.165) is 12.8 Å². The normalized spacial score (nSPS) is 14.0. The Morgan fingerprint density at radius 3 is 2.59 bits per heavy atom. The van der Waals surface area contributed by atoms with Crippen molar-refractivity contribution in [1.82, 2.24) is 4.90 Å². The van der Waals surface area contributed by atoms with Crippen LogP contribution in [0, 0.1) is 11.6 Å². The van der Waals surface area contributed by atoms with Gasteiger partial charge in [-0.2, -0.15) is 0 Å². The van der Waals surface area contributed by atoms with E-state index in [-0.39, 0.29) is 29.9 Å². The van der Waals surface area contributed by atoms with E-state index in [1.54, 1.807) is 23.1 Å². The quantitative estimate of drug-likeness (QED) is 0.779. The maximum atomic E-state index is 13.8. The van der Waals surface area contributed by atoms with Crippen LogP contribution in [0.3, 0.4) is 0 Å². The number of hydrogen-bond acceptors (Lipinski definition) is 1. The molecule has 0 saturated heterocycles. The number of benzene rings is 2. The fraction of sp³-hybridized carbons (Fsp3) is 0.235. The maximum Gasteiger partial charge on any atom is 0.255 e. The van der Waals surface area contributed by atoms with Crippen molar-refractivity contribution < 1.29 is 13.6 Å². The maximum absolute atomic E-state index is 13.8. The first kappa shape index (κ1) is 15.2. The Labute approximate surface area is 135 Å². The Kier molecular flexibility index (Phi) is 4.25. The van der Waals surface area contributed by atoms with Gasteiger partial charge >= 0.3 is 0 Å². The lowest BCUT2D eigenvalue weighted by atomic mass is 10.1. The van der Waals surface area contributed by atoms with Gasteiger partial charge in [-0.25, -0.2) is 8.78 Å². The number of rotatable bonds is 4. The van der Waals surface area contributed by atoms with E-state index in [1.165, 1.54) is 24.3 Å². The van der Waals surface area contributed by atoms with Crippen molar-refractivity contribution >= 4 is 21.8 Å². The molecule has 2 aromatic rings. The summed E-state index contributed by atoms with van der Waals surface area (Å²) in [6.07, 6.45) is 1.79. The molecule has 5 heteroatoms. The molecule has 22 heavy (non-hydrogen) atoms. The van der Waals surface area contributed by atoms with Crippen LogP contribution in [0.15, 0.2) is 46.9 Å². The van der Waals surface area contributed by atoms with E-state index in [2.05, 4.69) is 15.9 Å². The Morgan fingerprint density at radius 2 is 1.91 bits per heavy atom. The molecule has 0 aromatic heterocycles. The molecule has 1 fully saturated rings. The van der Waals surface area contributed by atoms with Crippen LogP contribution < -0.4 is 0 Å². The number of carbonyl (C=O) groups is 1. The third kappa shape index (κ3) is 3.19. The summed E-state index contributed by atoms with van der Waals surface area (Å²) in [5, 5.41) is 0. The monoisotopic (exact) mass is 365 g/mol. The number of halogens is 3. The van der Waals surface area contributed by atoms with Crippen molar-refractivity contribution in [2.75, 3.05) is 0 Å². The lowest BCUT2D eigenvalue weighted by Gasteiger charge is -2.23. The van der Waals surface area contributed by atoms with Crippen molar-refractivity contribution in [3.05, 3.63) is 69.7 Å². The zero-order chi connectivity index (χ0) is 15.7. The molecule has 0 aliphatic heterocycles. The molecule has 3 rings (SSSR count). The summed E-state index contributed by atoms with van der Waals surface area (Å²) in [5.74, 6) is -1.08. The Hall–Kier alpha value is -1.75. The van der Waals surface area contributed by atoms with Gasteiger partial charge in [0.1, 0.15) is 11.6 Å². The van der Waals surface area contributed by atoms with Gasteiger partial charge in [-0.15, -0.1) is 0 Å². The summed E-state index contributed by atoms with van der Waals surface area (Å²) in [4.78, 5) is 14.3. The number of hydrogen-bond donors (Lipinski definition) is 0. The third-order valence-electron chi connectivity index (χ3n) is 3.71. The molecule has 1 aliphatic rings. The van der Waals surface area contributed by atoms with Gasteiger partial charge < -0.3 is 4.90 Å². The zero-order valence-corrected chi connectivity index (χ0v) is 13.3. The SMILES string of the molecule is O=C(c1cc(F)ccc1Br)N(Cc1ccccc1F)C1CC1. The van der Waals surface area contributed by atoms with Gasteiger partial charge in [0.2, 0.25) is 0 Å². The van der Waals surface area contributed by atoms with E-state index < -0.39 is 5.82 Å². The van der Waals surface area contributed by atoms with Gasteiger partial charge in [0, 0.05) is 22.6 Å². The zero-order valence-electron chi connectivity index (χ0n) is 11.7. The van der Waals surface area contributed by atoms with Crippen LogP contribution in [0.5, 0.6) is 0 Å². The standard InChI is InChI=1S/C17H14BrF2NO/c18-15-8-5-12(19)9-14(15)17(22)21(13-6-7-13)10-11-3-1-2-4-16(11)20/h1-5,8-9,13H,6-7,10H2. The van der Waals surface area contributed by atoms with E-state index in [4.69, 9.17) is 0 Å². The molecule has 2 aromatic carbocycles. The lowest BCUT2D eigenvalue weighted by Crippen LogP contribution is -2.33. The molecule has 0 atom stereocenters. The minimum atomic E-state index is -0.465. The molecule has 2 nitrogen and oxygen atoms in total. The van der Waals surface area contributed by atoms with Crippen molar-refractivity contribution in [2.24, 2.45) is 0 Å². The van der Waals surface area contributed by atoms with Crippen molar-refractivity contribution in [2.45, 2.75) is 25.4 Å². The topological polar surface area (TPSA) is 20.3 Å². The van der Waals surface area contributed by atoms with Gasteiger partial charge in [-0.05, 0) is 53.0 Å². The van der Waals surface area contributed by atoms with E-state index >= 15 is 0 Å². The minimum absolute atomic E-state index is 0.0993. The summed E-state index contributed by atoms with van der Waals surface area (Å²) < 4.78 is 27.8. The van der Waals surface area contributed by atoms with Gasteiger partial charge in [-0.1, -0.05) is 18.2 Å². The Morgan fingerprint density at radius 1 is 1.18 bits per heavy atom. The average Bonchev–Trinajstić information content (AvgIpc) is 3.33. The average molecular weight is 366 g/mol. The van der Waals surface area contributed by atoms with Gasteiger partial charge in [0.25, 0.3) is 5.91 Å². The largest absolute Gasteiger partial charge is 0.331 e. The Bertz CT molecular complexity index is 716. The third-order valence-corrected chi connectivity index (χ3v) is 4.40. The molecule has 1 aliphatic carbocycles. The first-order valence-corrected chi connectivity index (χ1v) is 7.85. The highest BCUT2D eigenvalue weighted by atomic mass is 79.9. The van der Waals surface area contributed by atoms with Crippen molar-refractivity contribution in [3.63, 3.8) is 0 Å². The number of nitrogens with zero attached hydrogens (tertiary/aromatic N) is 1. The van der Waals surface area contributed by atoms with Gasteiger partial charge in [-0.3, -0.25) is 4.79 Å². The van der Waals surface area contributed by atoms with Crippen LogP contribution in [0.4, 0.5) is 8.78 Å². The molecule has 0 heterocycles. The van der Waals surface area contributed by atoms with Crippen molar-refractivity contribution in [3.8, 4) is 0 Å². The molecular weight excluding hydrogens is 352 g/mol. The molecule has 114 valence electrons. The first-order valence-electron chi connectivity index (χ1n) is 7.05. The van der Waals surface area contributed by atoms with Gasteiger partial charge in [0.15, 0.2) is 0 Å². The highest BCUT2D eigenvalue weighted by molar-refractivity contribution is 9.10. The first-order chi connectivity index (χ1) is 10.6. The lowest BCUT2D eigenvalue weighted by molar-refractivity contribution is 0.0727. The molecule has 1 amide bonds. The molecule has 0 unspecified atom stereocenters. The molecule has 0 N–H and O–H groups in total. The van der Waals surface area contributed by atoms with Crippen LogP contribution >= 0.6 is 15.9 Å². The van der Waals surface area contributed by atoms with E-state index in [1.807, 2.05) is 0 Å². The predicted molar refractivity (Wildman–Crippen MR) is 83.4 cm³/mol. The highest BCUT2D eigenvalue weighted by Crippen LogP contribution is 2.31. The molecule has 0 radical (unpaired) electrons. The summed E-state index contributed by atoms with van der Waals surface area (Å²) >= 11 is 3.28. The highest BCUT2D eigenvalue weighted by Gasteiger charge is 2.34. The molecule has 0 spiro atoms. The number of amides is 1. The predicted octanol–water partition coefficient (Wildman–Crippen LogP) is 4.53.